The third-order valence-electron chi connectivity index (χ3n) is 1.52. The molecule has 1 rings (SSSR count). The van der Waals surface area contributed by atoms with Crippen LogP contribution >= 0.6 is 23.2 Å². The minimum absolute atomic E-state index is 0.0936. The molecule has 0 aliphatic heterocycles. The zero-order valence-electron chi connectivity index (χ0n) is 7.17. The normalized spacial score (nSPS) is 11.4. The summed E-state index contributed by atoms with van der Waals surface area (Å²) >= 11 is 11.5. The predicted molar refractivity (Wildman–Crippen MR) is 58.4 cm³/mol. The number of rotatable bonds is 3. The van der Waals surface area contributed by atoms with Crippen molar-refractivity contribution in [1.29, 1.82) is 0 Å². The van der Waals surface area contributed by atoms with E-state index >= 15 is 0 Å². The summed E-state index contributed by atoms with van der Waals surface area (Å²) in [4.78, 5) is 0. The van der Waals surface area contributed by atoms with Gasteiger partial charge >= 0.3 is 0 Å². The number of nitrogens with two attached hydrogens (primary N) is 1. The standard InChI is InChI=1S/C8H9Cl2N3O/c9-6-2-1-5(3-7(6)10)12-4-8(11)13-14/h1-3,12,14H,4H2,(H2,11,13). The molecule has 4 nitrogen and oxygen atoms in total. The van der Waals surface area contributed by atoms with Crippen molar-refractivity contribution < 1.29 is 5.21 Å². The fourth-order valence-corrected chi connectivity index (χ4v) is 1.13. The molecule has 0 aliphatic carbocycles. The molecule has 0 heterocycles. The van der Waals surface area contributed by atoms with E-state index in [9.17, 15) is 0 Å². The molecule has 4 N–H and O–H groups in total. The summed E-state index contributed by atoms with van der Waals surface area (Å²) in [5.74, 6) is 0.0936. The second kappa shape index (κ2) is 4.93. The van der Waals surface area contributed by atoms with E-state index in [1.165, 1.54) is 0 Å². The first-order chi connectivity index (χ1) is 6.63. The van der Waals surface area contributed by atoms with Crippen LogP contribution in [0.2, 0.25) is 10.0 Å². The van der Waals surface area contributed by atoms with Gasteiger partial charge in [0, 0.05) is 5.69 Å². The average Bonchev–Trinajstić information content (AvgIpc) is 2.19. The van der Waals surface area contributed by atoms with E-state index in [-0.39, 0.29) is 12.4 Å². The quantitative estimate of drug-likeness (QED) is 0.325. The molecule has 0 aromatic heterocycles. The van der Waals surface area contributed by atoms with E-state index in [1.807, 2.05) is 0 Å². The van der Waals surface area contributed by atoms with Crippen LogP contribution in [0, 0.1) is 0 Å². The Labute approximate surface area is 91.3 Å². The van der Waals surface area contributed by atoms with E-state index in [0.29, 0.717) is 10.0 Å². The second-order valence-electron chi connectivity index (χ2n) is 2.57. The summed E-state index contributed by atoms with van der Waals surface area (Å²) in [6.45, 7) is 0.245. The largest absolute Gasteiger partial charge is 0.409 e. The van der Waals surface area contributed by atoms with E-state index < -0.39 is 0 Å². The first-order valence-corrected chi connectivity index (χ1v) is 4.54. The minimum atomic E-state index is 0.0936. The van der Waals surface area contributed by atoms with Gasteiger partial charge in [-0.2, -0.15) is 0 Å². The smallest absolute Gasteiger partial charge is 0.158 e. The van der Waals surface area contributed by atoms with Crippen LogP contribution in [0.4, 0.5) is 5.69 Å². The van der Waals surface area contributed by atoms with E-state index in [4.69, 9.17) is 34.1 Å². The van der Waals surface area contributed by atoms with Crippen molar-refractivity contribution in [1.82, 2.24) is 0 Å². The van der Waals surface area contributed by atoms with E-state index in [1.54, 1.807) is 18.2 Å². The number of anilines is 1. The zero-order valence-corrected chi connectivity index (χ0v) is 8.68. The van der Waals surface area contributed by atoms with Gasteiger partial charge in [-0.3, -0.25) is 0 Å². The summed E-state index contributed by atoms with van der Waals surface area (Å²) in [5.41, 5.74) is 6.02. The van der Waals surface area contributed by atoms with Gasteiger partial charge in [0.25, 0.3) is 0 Å². The maximum atomic E-state index is 8.29. The summed E-state index contributed by atoms with van der Waals surface area (Å²) in [6.07, 6.45) is 0. The molecule has 14 heavy (non-hydrogen) atoms. The van der Waals surface area contributed by atoms with Crippen LogP contribution in [-0.2, 0) is 0 Å². The van der Waals surface area contributed by atoms with Crippen LogP contribution in [0.25, 0.3) is 0 Å². The Morgan fingerprint density at radius 1 is 1.43 bits per heavy atom. The van der Waals surface area contributed by atoms with Gasteiger partial charge in [0.2, 0.25) is 0 Å². The van der Waals surface area contributed by atoms with E-state index in [0.717, 1.165) is 5.69 Å². The summed E-state index contributed by atoms with van der Waals surface area (Å²) in [7, 11) is 0. The molecular weight excluding hydrogens is 225 g/mol. The average molecular weight is 234 g/mol. The van der Waals surface area contributed by atoms with Gasteiger partial charge in [-0.25, -0.2) is 0 Å². The monoisotopic (exact) mass is 233 g/mol. The number of halogens is 2. The SMILES string of the molecule is N/C(CNc1ccc(Cl)c(Cl)c1)=N/O. The molecule has 0 radical (unpaired) electrons. The topological polar surface area (TPSA) is 70.6 Å². The molecule has 1 aromatic rings. The fraction of sp³-hybridized carbons (Fsp3) is 0.125. The van der Waals surface area contributed by atoms with Crippen molar-refractivity contribution in [2.45, 2.75) is 0 Å². The maximum Gasteiger partial charge on any atom is 0.158 e. The molecule has 0 amide bonds. The lowest BCUT2D eigenvalue weighted by Gasteiger charge is -2.05. The molecular formula is C8H9Cl2N3O. The highest BCUT2D eigenvalue weighted by atomic mass is 35.5. The van der Waals surface area contributed by atoms with Crippen molar-refractivity contribution in [2.75, 3.05) is 11.9 Å². The van der Waals surface area contributed by atoms with Crippen molar-refractivity contribution in [2.24, 2.45) is 10.9 Å². The van der Waals surface area contributed by atoms with Crippen LogP contribution in [0.1, 0.15) is 0 Å². The van der Waals surface area contributed by atoms with Gasteiger partial charge in [-0.15, -0.1) is 0 Å². The van der Waals surface area contributed by atoms with Crippen molar-refractivity contribution in [3.8, 4) is 0 Å². The molecule has 0 spiro atoms. The van der Waals surface area contributed by atoms with Gasteiger partial charge in [-0.1, -0.05) is 28.4 Å². The third kappa shape index (κ3) is 2.97. The van der Waals surface area contributed by atoms with Crippen molar-refractivity contribution in [3.63, 3.8) is 0 Å². The van der Waals surface area contributed by atoms with Crippen LogP contribution in [0.5, 0.6) is 0 Å². The number of nitrogens with one attached hydrogen (secondary N) is 1. The Morgan fingerprint density at radius 3 is 2.71 bits per heavy atom. The number of hydrogen-bond acceptors (Lipinski definition) is 3. The molecule has 0 atom stereocenters. The molecule has 1 aromatic carbocycles. The van der Waals surface area contributed by atoms with Gasteiger partial charge in [0.05, 0.1) is 16.6 Å². The zero-order chi connectivity index (χ0) is 10.6. The van der Waals surface area contributed by atoms with Gasteiger partial charge < -0.3 is 16.3 Å². The Kier molecular flexibility index (Phi) is 3.85. The first-order valence-electron chi connectivity index (χ1n) is 3.79. The number of hydrogen-bond donors (Lipinski definition) is 3. The fourth-order valence-electron chi connectivity index (χ4n) is 0.834. The lowest BCUT2D eigenvalue weighted by molar-refractivity contribution is 0.317. The predicted octanol–water partition coefficient (Wildman–Crippen LogP) is 2.15. The summed E-state index contributed by atoms with van der Waals surface area (Å²) in [5, 5.41) is 15.0. The summed E-state index contributed by atoms with van der Waals surface area (Å²) in [6, 6.07) is 5.08. The highest BCUT2D eigenvalue weighted by Gasteiger charge is 1.99. The van der Waals surface area contributed by atoms with Crippen molar-refractivity contribution >= 4 is 34.7 Å². The second-order valence-corrected chi connectivity index (χ2v) is 3.39. The Balaban J connectivity index is 2.64. The number of oxime groups is 1. The molecule has 76 valence electrons. The van der Waals surface area contributed by atoms with Crippen LogP contribution in [0.3, 0.4) is 0 Å². The third-order valence-corrected chi connectivity index (χ3v) is 2.26. The molecule has 0 fully saturated rings. The highest BCUT2D eigenvalue weighted by molar-refractivity contribution is 6.42. The van der Waals surface area contributed by atoms with Gasteiger partial charge in [-0.05, 0) is 18.2 Å². The molecule has 0 saturated carbocycles. The molecule has 6 heteroatoms. The van der Waals surface area contributed by atoms with Gasteiger partial charge in [0.1, 0.15) is 0 Å². The molecule has 0 saturated heterocycles. The number of benzene rings is 1. The lowest BCUT2D eigenvalue weighted by atomic mass is 10.3. The Morgan fingerprint density at radius 2 is 2.14 bits per heavy atom. The lowest BCUT2D eigenvalue weighted by Crippen LogP contribution is -2.22. The number of nitrogens with zero attached hydrogens (tertiary/aromatic N) is 1. The van der Waals surface area contributed by atoms with Gasteiger partial charge in [0.15, 0.2) is 5.84 Å². The molecule has 0 bridgehead atoms. The number of amidine groups is 1. The van der Waals surface area contributed by atoms with Crippen LogP contribution in [-0.4, -0.2) is 17.6 Å². The Bertz CT molecular complexity index is 354. The molecule has 0 unspecified atom stereocenters. The van der Waals surface area contributed by atoms with Crippen LogP contribution < -0.4 is 11.1 Å². The Hall–Kier alpha value is -1.13. The first kappa shape index (κ1) is 10.9. The highest BCUT2D eigenvalue weighted by Crippen LogP contribution is 2.24. The maximum absolute atomic E-state index is 8.29. The minimum Gasteiger partial charge on any atom is -0.409 e. The van der Waals surface area contributed by atoms with Crippen molar-refractivity contribution in [3.05, 3.63) is 28.2 Å². The molecule has 0 aliphatic rings. The summed E-state index contributed by atoms with van der Waals surface area (Å²) < 4.78 is 0. The van der Waals surface area contributed by atoms with Crippen LogP contribution in [0.15, 0.2) is 23.4 Å². The van der Waals surface area contributed by atoms with E-state index in [2.05, 4.69) is 10.5 Å².